The van der Waals surface area contributed by atoms with Gasteiger partial charge in [-0.15, -0.1) is 0 Å². The van der Waals surface area contributed by atoms with E-state index in [1.165, 1.54) is 19.4 Å². The highest BCUT2D eigenvalue weighted by Gasteiger charge is 2.30. The molecule has 1 N–H and O–H groups in total. The van der Waals surface area contributed by atoms with Crippen LogP contribution in [0.25, 0.3) is 0 Å². The number of aliphatic hydroxyl groups excluding tert-OH is 1. The van der Waals surface area contributed by atoms with Crippen LogP contribution in [0.1, 0.15) is 32.6 Å². The van der Waals surface area contributed by atoms with Crippen LogP contribution in [0.2, 0.25) is 0 Å². The lowest BCUT2D eigenvalue weighted by atomic mass is 9.92. The molecule has 1 saturated carbocycles. The van der Waals surface area contributed by atoms with Gasteiger partial charge in [0.2, 0.25) is 0 Å². The van der Waals surface area contributed by atoms with Crippen LogP contribution in [0.5, 0.6) is 0 Å². The van der Waals surface area contributed by atoms with Crippen LogP contribution >= 0.6 is 0 Å². The highest BCUT2D eigenvalue weighted by molar-refractivity contribution is 4.83. The van der Waals surface area contributed by atoms with E-state index in [-0.39, 0.29) is 6.10 Å². The maximum absolute atomic E-state index is 9.71. The van der Waals surface area contributed by atoms with Crippen molar-refractivity contribution in [1.29, 1.82) is 0 Å². The molecule has 2 aliphatic rings. The standard InChI is InChI=1S/C11H21NO/c1-2-10-8-12(6-5-11(10)13)7-9-3-4-9/h9-11,13H,2-8H2,1H3/t10-,11-/m0/s1. The van der Waals surface area contributed by atoms with Crippen LogP contribution in [0.3, 0.4) is 0 Å². The molecule has 0 aromatic rings. The number of hydrogen-bond acceptors (Lipinski definition) is 2. The van der Waals surface area contributed by atoms with E-state index in [2.05, 4.69) is 11.8 Å². The molecule has 2 nitrogen and oxygen atoms in total. The number of piperidine rings is 1. The first-order valence-electron chi connectivity index (χ1n) is 5.70. The van der Waals surface area contributed by atoms with Crippen LogP contribution in [-0.4, -0.2) is 35.7 Å². The Bertz CT molecular complexity index is 167. The van der Waals surface area contributed by atoms with E-state index in [4.69, 9.17) is 0 Å². The first-order chi connectivity index (χ1) is 6.29. The van der Waals surface area contributed by atoms with E-state index < -0.39 is 0 Å². The molecular formula is C11H21NO. The van der Waals surface area contributed by atoms with Crippen molar-refractivity contribution in [2.45, 2.75) is 38.7 Å². The van der Waals surface area contributed by atoms with Crippen molar-refractivity contribution in [2.75, 3.05) is 19.6 Å². The molecule has 0 spiro atoms. The van der Waals surface area contributed by atoms with Gasteiger partial charge < -0.3 is 10.0 Å². The molecule has 1 aliphatic carbocycles. The Labute approximate surface area is 80.9 Å². The maximum atomic E-state index is 9.71. The third-order valence-electron chi connectivity index (χ3n) is 3.52. The Morgan fingerprint density at radius 3 is 2.69 bits per heavy atom. The summed E-state index contributed by atoms with van der Waals surface area (Å²) >= 11 is 0. The summed E-state index contributed by atoms with van der Waals surface area (Å²) in [5, 5.41) is 9.71. The second-order valence-electron chi connectivity index (χ2n) is 4.73. The number of rotatable bonds is 3. The van der Waals surface area contributed by atoms with Gasteiger partial charge in [-0.3, -0.25) is 0 Å². The number of likely N-dealkylation sites (tertiary alicyclic amines) is 1. The smallest absolute Gasteiger partial charge is 0.0592 e. The Hall–Kier alpha value is -0.0800. The largest absolute Gasteiger partial charge is 0.393 e. The predicted octanol–water partition coefficient (Wildman–Crippen LogP) is 1.49. The molecule has 1 heterocycles. The summed E-state index contributed by atoms with van der Waals surface area (Å²) in [6.07, 6.45) is 4.97. The second kappa shape index (κ2) is 3.97. The van der Waals surface area contributed by atoms with Crippen molar-refractivity contribution < 1.29 is 5.11 Å². The zero-order chi connectivity index (χ0) is 9.26. The average Bonchev–Trinajstić information content (AvgIpc) is 2.92. The third kappa shape index (κ3) is 2.44. The summed E-state index contributed by atoms with van der Waals surface area (Å²) in [4.78, 5) is 2.55. The van der Waals surface area contributed by atoms with Gasteiger partial charge in [-0.1, -0.05) is 6.92 Å². The summed E-state index contributed by atoms with van der Waals surface area (Å²) in [6, 6.07) is 0. The molecule has 2 fully saturated rings. The lowest BCUT2D eigenvalue weighted by molar-refractivity contribution is 0.0236. The van der Waals surface area contributed by atoms with Crippen molar-refractivity contribution >= 4 is 0 Å². The third-order valence-corrected chi connectivity index (χ3v) is 3.52. The molecule has 1 aliphatic heterocycles. The Kier molecular flexibility index (Phi) is 2.89. The van der Waals surface area contributed by atoms with Crippen molar-refractivity contribution in [3.8, 4) is 0 Å². The number of nitrogens with zero attached hydrogens (tertiary/aromatic N) is 1. The SMILES string of the molecule is CC[C@H]1CN(CC2CC2)CC[C@@H]1O. The molecule has 1 saturated heterocycles. The number of aliphatic hydroxyl groups is 1. The van der Waals surface area contributed by atoms with E-state index >= 15 is 0 Å². The van der Waals surface area contributed by atoms with Crippen molar-refractivity contribution in [1.82, 2.24) is 4.90 Å². The van der Waals surface area contributed by atoms with Crippen LogP contribution in [0.4, 0.5) is 0 Å². The van der Waals surface area contributed by atoms with Gasteiger partial charge >= 0.3 is 0 Å². The first-order valence-corrected chi connectivity index (χ1v) is 5.70. The minimum Gasteiger partial charge on any atom is -0.393 e. The quantitative estimate of drug-likeness (QED) is 0.716. The molecule has 13 heavy (non-hydrogen) atoms. The van der Waals surface area contributed by atoms with Gasteiger partial charge in [0.25, 0.3) is 0 Å². The minimum absolute atomic E-state index is 0.0274. The lowest BCUT2D eigenvalue weighted by Crippen LogP contribution is -2.43. The molecule has 2 atom stereocenters. The van der Waals surface area contributed by atoms with Gasteiger partial charge in [-0.05, 0) is 37.5 Å². The summed E-state index contributed by atoms with van der Waals surface area (Å²) in [5.41, 5.74) is 0. The van der Waals surface area contributed by atoms with Crippen LogP contribution in [0.15, 0.2) is 0 Å². The molecule has 0 radical (unpaired) electrons. The fourth-order valence-corrected chi connectivity index (χ4v) is 2.33. The Morgan fingerprint density at radius 1 is 1.31 bits per heavy atom. The van der Waals surface area contributed by atoms with Crippen molar-refractivity contribution in [3.63, 3.8) is 0 Å². The van der Waals surface area contributed by atoms with Crippen LogP contribution in [0, 0.1) is 11.8 Å². The van der Waals surface area contributed by atoms with Gasteiger partial charge in [0, 0.05) is 19.6 Å². The fourth-order valence-electron chi connectivity index (χ4n) is 2.33. The van der Waals surface area contributed by atoms with E-state index in [1.807, 2.05) is 0 Å². The van der Waals surface area contributed by atoms with Gasteiger partial charge in [0.15, 0.2) is 0 Å². The average molecular weight is 183 g/mol. The molecule has 0 unspecified atom stereocenters. The molecule has 0 aromatic heterocycles. The molecule has 0 amide bonds. The Balaban J connectivity index is 1.78. The monoisotopic (exact) mass is 183 g/mol. The zero-order valence-corrected chi connectivity index (χ0v) is 8.58. The second-order valence-corrected chi connectivity index (χ2v) is 4.73. The summed E-state index contributed by atoms with van der Waals surface area (Å²) in [5.74, 6) is 1.53. The van der Waals surface area contributed by atoms with Crippen molar-refractivity contribution in [3.05, 3.63) is 0 Å². The van der Waals surface area contributed by atoms with E-state index in [9.17, 15) is 5.11 Å². The summed E-state index contributed by atoms with van der Waals surface area (Å²) < 4.78 is 0. The van der Waals surface area contributed by atoms with Gasteiger partial charge in [-0.25, -0.2) is 0 Å². The van der Waals surface area contributed by atoms with E-state index in [0.717, 1.165) is 31.8 Å². The predicted molar refractivity (Wildman–Crippen MR) is 53.6 cm³/mol. The minimum atomic E-state index is -0.0274. The molecule has 76 valence electrons. The summed E-state index contributed by atoms with van der Waals surface area (Å²) in [7, 11) is 0. The normalized spacial score (nSPS) is 36.5. The van der Waals surface area contributed by atoms with Crippen molar-refractivity contribution in [2.24, 2.45) is 11.8 Å². The molecule has 0 aromatic carbocycles. The highest BCUT2D eigenvalue weighted by Crippen LogP contribution is 2.31. The fraction of sp³-hybridized carbons (Fsp3) is 1.00. The number of hydrogen-bond donors (Lipinski definition) is 1. The van der Waals surface area contributed by atoms with E-state index in [1.54, 1.807) is 0 Å². The molecule has 2 heteroatoms. The highest BCUT2D eigenvalue weighted by atomic mass is 16.3. The molecule has 0 bridgehead atoms. The van der Waals surface area contributed by atoms with Gasteiger partial charge in [0.1, 0.15) is 0 Å². The maximum Gasteiger partial charge on any atom is 0.0592 e. The van der Waals surface area contributed by atoms with E-state index in [0.29, 0.717) is 5.92 Å². The first kappa shape index (κ1) is 9.47. The zero-order valence-electron chi connectivity index (χ0n) is 8.58. The molecular weight excluding hydrogens is 162 g/mol. The Morgan fingerprint density at radius 2 is 2.08 bits per heavy atom. The van der Waals surface area contributed by atoms with Gasteiger partial charge in [0.05, 0.1) is 6.10 Å². The summed E-state index contributed by atoms with van der Waals surface area (Å²) in [6.45, 7) is 5.74. The van der Waals surface area contributed by atoms with Crippen LogP contribution in [-0.2, 0) is 0 Å². The topological polar surface area (TPSA) is 23.5 Å². The van der Waals surface area contributed by atoms with Crippen LogP contribution < -0.4 is 0 Å². The van der Waals surface area contributed by atoms with Gasteiger partial charge in [-0.2, -0.15) is 0 Å². The lowest BCUT2D eigenvalue weighted by Gasteiger charge is -2.35. The molecule has 2 rings (SSSR count).